The van der Waals surface area contributed by atoms with Crippen molar-refractivity contribution in [3.8, 4) is 5.69 Å². The molecule has 0 unspecified atom stereocenters. The minimum atomic E-state index is -0.689. The lowest BCUT2D eigenvalue weighted by Crippen LogP contribution is -2.24. The Bertz CT molecular complexity index is 949. The fraction of sp³-hybridized carbons (Fsp3) is 0.105. The monoisotopic (exact) mass is 397 g/mol. The maximum absolute atomic E-state index is 12.7. The number of aromatic nitrogens is 2. The van der Waals surface area contributed by atoms with Gasteiger partial charge in [-0.3, -0.25) is 9.59 Å². The second-order valence-corrected chi connectivity index (χ2v) is 6.41. The molecule has 0 aliphatic carbocycles. The summed E-state index contributed by atoms with van der Waals surface area (Å²) < 4.78 is 2.39. The van der Waals surface area contributed by atoms with Crippen LogP contribution in [-0.4, -0.2) is 21.5 Å². The Morgan fingerprint density at radius 1 is 1.00 bits per heavy atom. The first kappa shape index (κ1) is 17.1. The molecule has 2 aromatic carbocycles. The fourth-order valence-corrected chi connectivity index (χ4v) is 3.03. The Morgan fingerprint density at radius 2 is 1.64 bits per heavy atom. The molecule has 0 atom stereocenters. The molecular formula is C19H16BrN3O2. The summed E-state index contributed by atoms with van der Waals surface area (Å²) in [5, 5.41) is 7.05. The van der Waals surface area contributed by atoms with Crippen LogP contribution in [0.5, 0.6) is 0 Å². The van der Waals surface area contributed by atoms with Crippen molar-refractivity contribution in [3.05, 3.63) is 76.0 Å². The predicted octanol–water partition coefficient (Wildman–Crippen LogP) is 4.07. The zero-order valence-electron chi connectivity index (χ0n) is 13.8. The smallest absolute Gasteiger partial charge is 0.296 e. The van der Waals surface area contributed by atoms with E-state index in [9.17, 15) is 9.59 Å². The van der Waals surface area contributed by atoms with Gasteiger partial charge < -0.3 is 5.32 Å². The molecular weight excluding hydrogens is 382 g/mol. The van der Waals surface area contributed by atoms with Gasteiger partial charge in [0.25, 0.3) is 11.7 Å². The fourth-order valence-electron chi connectivity index (χ4n) is 2.65. The van der Waals surface area contributed by atoms with Gasteiger partial charge in [0.05, 0.1) is 28.3 Å². The highest BCUT2D eigenvalue weighted by Crippen LogP contribution is 2.23. The molecule has 0 saturated heterocycles. The van der Waals surface area contributed by atoms with Crippen molar-refractivity contribution in [2.24, 2.45) is 0 Å². The number of carbonyl (C=O) groups excluding carboxylic acids is 2. The number of halogens is 1. The molecule has 0 fully saturated rings. The first-order valence-electron chi connectivity index (χ1n) is 7.71. The molecule has 25 heavy (non-hydrogen) atoms. The lowest BCUT2D eigenvalue weighted by Gasteiger charge is -2.07. The van der Waals surface area contributed by atoms with Crippen molar-refractivity contribution in [1.82, 2.24) is 9.78 Å². The lowest BCUT2D eigenvalue weighted by molar-refractivity contribution is -0.112. The van der Waals surface area contributed by atoms with Gasteiger partial charge in [-0.1, -0.05) is 30.3 Å². The minimum Gasteiger partial charge on any atom is -0.318 e. The van der Waals surface area contributed by atoms with Crippen molar-refractivity contribution in [1.29, 1.82) is 0 Å². The van der Waals surface area contributed by atoms with Crippen molar-refractivity contribution in [2.75, 3.05) is 5.32 Å². The summed E-state index contributed by atoms with van der Waals surface area (Å²) in [4.78, 5) is 25.1. The highest BCUT2D eigenvalue weighted by molar-refractivity contribution is 9.10. The van der Waals surface area contributed by atoms with Crippen LogP contribution in [0.1, 0.15) is 21.7 Å². The molecule has 1 amide bonds. The van der Waals surface area contributed by atoms with E-state index in [1.807, 2.05) is 36.4 Å². The Morgan fingerprint density at radius 3 is 2.32 bits per heavy atom. The molecule has 6 heteroatoms. The van der Waals surface area contributed by atoms with Crippen LogP contribution in [-0.2, 0) is 4.79 Å². The summed E-state index contributed by atoms with van der Waals surface area (Å²) in [5.41, 5.74) is 2.87. The van der Waals surface area contributed by atoms with Crippen LogP contribution in [0, 0.1) is 13.8 Å². The quantitative estimate of drug-likeness (QED) is 0.532. The Balaban J connectivity index is 1.91. The number of amides is 1. The Labute approximate surface area is 153 Å². The summed E-state index contributed by atoms with van der Waals surface area (Å²) in [6.07, 6.45) is 0. The molecule has 0 spiro atoms. The van der Waals surface area contributed by atoms with Crippen LogP contribution in [0.15, 0.2) is 59.1 Å². The molecule has 1 aromatic heterocycles. The van der Waals surface area contributed by atoms with Crippen LogP contribution >= 0.6 is 15.9 Å². The number of nitrogens with one attached hydrogen (secondary N) is 1. The second-order valence-electron chi connectivity index (χ2n) is 5.56. The second kappa shape index (κ2) is 7.03. The van der Waals surface area contributed by atoms with Crippen LogP contribution in [0.2, 0.25) is 0 Å². The number of Topliss-reactive ketones (excluding diaryl/α,β-unsaturated/α-hetero) is 1. The number of nitrogens with zero attached hydrogens (tertiary/aromatic N) is 2. The maximum Gasteiger partial charge on any atom is 0.296 e. The molecule has 0 radical (unpaired) electrons. The Kier molecular flexibility index (Phi) is 4.81. The van der Waals surface area contributed by atoms with Crippen molar-refractivity contribution >= 4 is 33.3 Å². The van der Waals surface area contributed by atoms with Gasteiger partial charge in [0.2, 0.25) is 0 Å². The number of hydrogen-bond donors (Lipinski definition) is 1. The molecule has 5 nitrogen and oxygen atoms in total. The normalized spacial score (nSPS) is 10.5. The number of benzene rings is 2. The summed E-state index contributed by atoms with van der Waals surface area (Å²) in [6.45, 7) is 3.51. The third-order valence-electron chi connectivity index (χ3n) is 3.85. The average molecular weight is 398 g/mol. The van der Waals surface area contributed by atoms with E-state index in [4.69, 9.17) is 0 Å². The van der Waals surface area contributed by atoms with Crippen LogP contribution in [0.3, 0.4) is 0 Å². The minimum absolute atomic E-state index is 0.327. The van der Waals surface area contributed by atoms with Crippen LogP contribution in [0.25, 0.3) is 5.69 Å². The average Bonchev–Trinajstić information content (AvgIpc) is 2.91. The lowest BCUT2D eigenvalue weighted by atomic mass is 10.1. The van der Waals surface area contributed by atoms with Gasteiger partial charge in [-0.25, -0.2) is 4.68 Å². The van der Waals surface area contributed by atoms with E-state index in [1.54, 1.807) is 36.7 Å². The van der Waals surface area contributed by atoms with Crippen molar-refractivity contribution in [2.45, 2.75) is 13.8 Å². The molecule has 3 rings (SSSR count). The van der Waals surface area contributed by atoms with E-state index in [1.165, 1.54) is 0 Å². The zero-order chi connectivity index (χ0) is 18.0. The third kappa shape index (κ3) is 3.39. The SMILES string of the molecule is Cc1nn(-c2ccccc2)c(C)c1C(=O)C(=O)Nc1ccccc1Br. The summed E-state index contributed by atoms with van der Waals surface area (Å²) in [7, 11) is 0. The van der Waals surface area contributed by atoms with E-state index in [0.717, 1.165) is 5.69 Å². The number of aryl methyl sites for hydroxylation is 1. The van der Waals surface area contributed by atoms with E-state index < -0.39 is 11.7 Å². The number of para-hydroxylation sites is 2. The number of rotatable bonds is 4. The van der Waals surface area contributed by atoms with Crippen LogP contribution < -0.4 is 5.32 Å². The van der Waals surface area contributed by atoms with Crippen molar-refractivity contribution in [3.63, 3.8) is 0 Å². The molecule has 0 saturated carbocycles. The summed E-state index contributed by atoms with van der Waals surface area (Å²) >= 11 is 3.35. The van der Waals surface area contributed by atoms with Crippen molar-refractivity contribution < 1.29 is 9.59 Å². The standard InChI is InChI=1S/C19H16BrN3O2/c1-12-17(13(2)23(22-12)14-8-4-3-5-9-14)18(24)19(25)21-16-11-7-6-10-15(16)20/h3-11H,1-2H3,(H,21,25). The molecule has 126 valence electrons. The Hall–Kier alpha value is -2.73. The van der Waals surface area contributed by atoms with Gasteiger partial charge in [0.15, 0.2) is 0 Å². The summed E-state index contributed by atoms with van der Waals surface area (Å²) in [6, 6.07) is 16.6. The van der Waals surface area contributed by atoms with Crippen LogP contribution in [0.4, 0.5) is 5.69 Å². The number of hydrogen-bond acceptors (Lipinski definition) is 3. The maximum atomic E-state index is 12.7. The predicted molar refractivity (Wildman–Crippen MR) is 100 cm³/mol. The summed E-state index contributed by atoms with van der Waals surface area (Å²) in [5.74, 6) is -1.29. The number of ketones is 1. The molecule has 0 bridgehead atoms. The largest absolute Gasteiger partial charge is 0.318 e. The number of carbonyl (C=O) groups is 2. The van der Waals surface area contributed by atoms with Gasteiger partial charge in [-0.05, 0) is 54.0 Å². The first-order chi connectivity index (χ1) is 12.0. The zero-order valence-corrected chi connectivity index (χ0v) is 15.4. The van der Waals surface area contributed by atoms with E-state index in [-0.39, 0.29) is 0 Å². The van der Waals surface area contributed by atoms with Gasteiger partial charge in [0, 0.05) is 4.47 Å². The van der Waals surface area contributed by atoms with Gasteiger partial charge >= 0.3 is 0 Å². The molecule has 1 heterocycles. The number of anilines is 1. The van der Waals surface area contributed by atoms with E-state index in [2.05, 4.69) is 26.3 Å². The van der Waals surface area contributed by atoms with Gasteiger partial charge in [-0.2, -0.15) is 5.10 Å². The molecule has 0 aliphatic heterocycles. The first-order valence-corrected chi connectivity index (χ1v) is 8.50. The highest BCUT2D eigenvalue weighted by Gasteiger charge is 2.25. The molecule has 3 aromatic rings. The van der Waals surface area contributed by atoms with E-state index >= 15 is 0 Å². The molecule has 1 N–H and O–H groups in total. The van der Waals surface area contributed by atoms with Gasteiger partial charge in [-0.15, -0.1) is 0 Å². The highest BCUT2D eigenvalue weighted by atomic mass is 79.9. The molecule has 0 aliphatic rings. The third-order valence-corrected chi connectivity index (χ3v) is 4.54. The van der Waals surface area contributed by atoms with E-state index in [0.29, 0.717) is 27.1 Å². The topological polar surface area (TPSA) is 64.0 Å². The van der Waals surface area contributed by atoms with Gasteiger partial charge in [0.1, 0.15) is 0 Å².